The van der Waals surface area contributed by atoms with E-state index in [1.54, 1.807) is 6.07 Å². The Hall–Kier alpha value is -1.25. The van der Waals surface area contributed by atoms with Gasteiger partial charge in [-0.2, -0.15) is 0 Å². The average Bonchev–Trinajstić information content (AvgIpc) is 2.80. The predicted octanol–water partition coefficient (Wildman–Crippen LogP) is 3.87. The van der Waals surface area contributed by atoms with E-state index >= 15 is 0 Å². The number of aryl methyl sites for hydroxylation is 1. The van der Waals surface area contributed by atoms with Crippen molar-refractivity contribution in [2.75, 3.05) is 0 Å². The number of hydrogen-bond donors (Lipinski definition) is 0. The number of rotatable bonds is 1. The molecule has 0 aliphatic heterocycles. The van der Waals surface area contributed by atoms with Crippen molar-refractivity contribution in [2.45, 2.75) is 0 Å². The number of halogens is 2. The molecule has 1 heterocycles. The fourth-order valence-corrected chi connectivity index (χ4v) is 1.93. The summed E-state index contributed by atoms with van der Waals surface area (Å²) in [6.45, 7) is 0. The molecular formula is C14H10ClFN2Zn. The van der Waals surface area contributed by atoms with Crippen LogP contribution in [-0.2, 0) is 24.4 Å². The summed E-state index contributed by atoms with van der Waals surface area (Å²) in [6, 6.07) is 15.2. The normalized spacial score (nSPS) is 10.2. The number of nitrogens with zero attached hydrogens (tertiary/aromatic N) is 2. The van der Waals surface area contributed by atoms with Crippen LogP contribution in [0.3, 0.4) is 0 Å². The van der Waals surface area contributed by atoms with Crippen LogP contribution in [0.15, 0.2) is 42.5 Å². The van der Waals surface area contributed by atoms with Crippen LogP contribution in [0.1, 0.15) is 0 Å². The summed E-state index contributed by atoms with van der Waals surface area (Å²) in [5.41, 5.74) is 2.79. The van der Waals surface area contributed by atoms with Crippen molar-refractivity contribution in [1.82, 2.24) is 9.55 Å². The minimum absolute atomic E-state index is 0.285. The van der Waals surface area contributed by atoms with Crippen molar-refractivity contribution < 1.29 is 21.7 Å². The Bertz CT molecular complexity index is 679. The zero-order chi connectivity index (χ0) is 13.8. The third kappa shape index (κ3) is 2.85. The Labute approximate surface area is 124 Å². The van der Waals surface area contributed by atoms with Crippen LogP contribution in [0, 0.1) is 11.9 Å². The summed E-state index contributed by atoms with van der Waals surface area (Å²) in [5, 5.41) is 0. The van der Waals surface area contributed by atoms with Gasteiger partial charge in [0.25, 0.3) is 0 Å². The quantitative estimate of drug-likeness (QED) is 0.490. The van der Waals surface area contributed by atoms with Gasteiger partial charge in [-0.3, -0.25) is 9.37 Å². The number of imidazole rings is 1. The molecule has 0 saturated heterocycles. The average molecular weight is 326 g/mol. The van der Waals surface area contributed by atoms with E-state index in [0.29, 0.717) is 0 Å². The van der Waals surface area contributed by atoms with E-state index in [9.17, 15) is 4.39 Å². The summed E-state index contributed by atoms with van der Waals surface area (Å²) >= 11 is 0.847. The van der Waals surface area contributed by atoms with Crippen molar-refractivity contribution in [3.63, 3.8) is 0 Å². The molecule has 0 N–H and O–H groups in total. The van der Waals surface area contributed by atoms with Gasteiger partial charge in [0.1, 0.15) is 0 Å². The topological polar surface area (TPSA) is 17.8 Å². The molecule has 1 aromatic heterocycles. The zero-order valence-corrected chi connectivity index (χ0v) is 14.1. The summed E-state index contributed by atoms with van der Waals surface area (Å²) in [4.78, 5) is 4.52. The molecule has 3 rings (SSSR count). The van der Waals surface area contributed by atoms with Crippen LogP contribution in [0.2, 0.25) is 0 Å². The fourth-order valence-electron chi connectivity index (χ4n) is 1.93. The standard InChI is InChI=1S/C14H10FN2.ClH.Zn/c1-17-13-5-3-2-4-12(13)16-14(17)10-6-8-11(15)9-7-10;;/h2-6,8-9H,1H3;1H;/q-1;;+2/p-1. The fraction of sp³-hybridized carbons (Fsp3) is 0.0714. The molecule has 92 valence electrons. The molecule has 2 nitrogen and oxygen atoms in total. The first-order valence-corrected chi connectivity index (χ1v) is 9.51. The number of fused-ring (bicyclic) bond motifs is 1. The van der Waals surface area contributed by atoms with E-state index in [-0.39, 0.29) is 5.82 Å². The van der Waals surface area contributed by atoms with Gasteiger partial charge in [-0.25, -0.2) is 0 Å². The number of hydrogen-bond acceptors (Lipinski definition) is 1. The Morgan fingerprint density at radius 1 is 1.21 bits per heavy atom. The second kappa shape index (κ2) is 6.27. The monoisotopic (exact) mass is 324 g/mol. The van der Waals surface area contributed by atoms with Gasteiger partial charge in [0.05, 0.1) is 16.9 Å². The van der Waals surface area contributed by atoms with Gasteiger partial charge < -0.3 is 4.57 Å². The Morgan fingerprint density at radius 3 is 2.58 bits per heavy atom. The maximum absolute atomic E-state index is 12.8. The van der Waals surface area contributed by atoms with Gasteiger partial charge in [-0.15, -0.1) is 29.8 Å². The predicted molar refractivity (Wildman–Crippen MR) is 70.8 cm³/mol. The van der Waals surface area contributed by atoms with E-state index in [2.05, 4.69) is 11.1 Å². The molecule has 0 saturated carbocycles. The van der Waals surface area contributed by atoms with Gasteiger partial charge in [0.15, 0.2) is 0 Å². The van der Waals surface area contributed by atoms with Gasteiger partial charge in [-0.1, -0.05) is 12.1 Å². The van der Waals surface area contributed by atoms with Crippen LogP contribution in [-0.4, -0.2) is 9.55 Å². The summed E-state index contributed by atoms with van der Waals surface area (Å²) in [7, 11) is 6.71. The molecule has 0 spiro atoms. The van der Waals surface area contributed by atoms with Crippen LogP contribution in [0.25, 0.3) is 22.4 Å². The molecule has 0 fully saturated rings. The summed E-state index contributed by atoms with van der Waals surface area (Å²) in [5.74, 6) is 0.513. The van der Waals surface area contributed by atoms with Crippen molar-refractivity contribution in [3.05, 3.63) is 54.3 Å². The molecule has 0 atom stereocenters. The van der Waals surface area contributed by atoms with E-state index in [1.807, 2.05) is 35.9 Å². The Kier molecular flexibility index (Phi) is 4.67. The maximum atomic E-state index is 12.8. The van der Waals surface area contributed by atoms with Crippen molar-refractivity contribution in [2.24, 2.45) is 7.05 Å². The first-order valence-electron chi connectivity index (χ1n) is 5.61. The number of para-hydroxylation sites is 2. The van der Waals surface area contributed by atoms with Gasteiger partial charge in [0, 0.05) is 12.9 Å². The van der Waals surface area contributed by atoms with Gasteiger partial charge >= 0.3 is 27.0 Å². The van der Waals surface area contributed by atoms with Crippen LogP contribution in [0.4, 0.5) is 4.39 Å². The van der Waals surface area contributed by atoms with E-state index < -0.39 is 0 Å². The molecule has 0 aliphatic rings. The summed E-state index contributed by atoms with van der Waals surface area (Å²) < 4.78 is 14.8. The molecule has 5 heteroatoms. The molecule has 2 aromatic carbocycles. The van der Waals surface area contributed by atoms with Gasteiger partial charge in [-0.05, 0) is 12.1 Å². The molecule has 0 aliphatic carbocycles. The Balaban J connectivity index is 0.000000637. The van der Waals surface area contributed by atoms with Crippen molar-refractivity contribution in [3.8, 4) is 11.4 Å². The number of aromatic nitrogens is 2. The zero-order valence-electron chi connectivity index (χ0n) is 10.4. The molecule has 3 aromatic rings. The van der Waals surface area contributed by atoms with Crippen molar-refractivity contribution in [1.29, 1.82) is 0 Å². The van der Waals surface area contributed by atoms with E-state index in [4.69, 9.17) is 9.69 Å². The van der Waals surface area contributed by atoms with Crippen LogP contribution < -0.4 is 0 Å². The second-order valence-corrected chi connectivity index (χ2v) is 3.90. The molecular weight excluding hydrogens is 316 g/mol. The third-order valence-corrected chi connectivity index (χ3v) is 2.80. The van der Waals surface area contributed by atoms with Crippen LogP contribution in [0.5, 0.6) is 0 Å². The molecule has 0 radical (unpaired) electrons. The molecule has 0 bridgehead atoms. The molecule has 0 amide bonds. The second-order valence-electron chi connectivity index (χ2n) is 3.90. The Morgan fingerprint density at radius 2 is 1.95 bits per heavy atom. The SMILES string of the molecule is Cn1c(-c2[c-]cc(F)cc2)nc2ccccc21.[Cl][Zn+]. The minimum atomic E-state index is -0.285. The molecule has 0 unspecified atom stereocenters. The third-order valence-electron chi connectivity index (χ3n) is 2.80. The van der Waals surface area contributed by atoms with Crippen LogP contribution >= 0.6 is 9.69 Å². The number of benzene rings is 2. The van der Waals surface area contributed by atoms with Crippen molar-refractivity contribution >= 4 is 20.7 Å². The van der Waals surface area contributed by atoms with E-state index in [0.717, 1.165) is 39.7 Å². The first-order chi connectivity index (χ1) is 9.25. The summed E-state index contributed by atoms with van der Waals surface area (Å²) in [6.07, 6.45) is 0. The van der Waals surface area contributed by atoms with Gasteiger partial charge in [0.2, 0.25) is 0 Å². The first kappa shape index (κ1) is 14.2. The molecule has 19 heavy (non-hydrogen) atoms. The van der Waals surface area contributed by atoms with E-state index in [1.165, 1.54) is 12.1 Å².